The van der Waals surface area contributed by atoms with Crippen LogP contribution in [0.15, 0.2) is 149 Å². The van der Waals surface area contributed by atoms with Gasteiger partial charge in [-0.3, -0.25) is 4.79 Å². The Morgan fingerprint density at radius 2 is 1.60 bits per heavy atom. The summed E-state index contributed by atoms with van der Waals surface area (Å²) in [4.78, 5) is 34.5. The van der Waals surface area contributed by atoms with E-state index in [2.05, 4.69) is 120 Å². The molecule has 1 N–H and O–H groups in total. The van der Waals surface area contributed by atoms with Gasteiger partial charge in [-0.2, -0.15) is 0 Å². The van der Waals surface area contributed by atoms with Crippen molar-refractivity contribution in [1.29, 1.82) is 0 Å². The fourth-order valence-corrected chi connectivity index (χ4v) is 14.8. The number of esters is 2. The van der Waals surface area contributed by atoms with Crippen molar-refractivity contribution in [2.75, 3.05) is 13.7 Å². The summed E-state index contributed by atoms with van der Waals surface area (Å²) in [5.41, 5.74) is 2.69. The maximum Gasteiger partial charge on any atom is 0.338 e. The third-order valence-electron chi connectivity index (χ3n) is 14.7. The minimum Gasteiger partial charge on any atom is -0.462 e. The molecule has 10 atom stereocenters. The van der Waals surface area contributed by atoms with E-state index in [-0.39, 0.29) is 37.1 Å². The lowest BCUT2D eigenvalue weighted by Crippen LogP contribution is -2.64. The van der Waals surface area contributed by atoms with Gasteiger partial charge < -0.3 is 33.6 Å². The molecule has 3 aromatic rings. The maximum absolute atomic E-state index is 14.9. The molecule has 68 heavy (non-hydrogen) atoms. The molecule has 2 bridgehead atoms. The molecule has 1 aliphatic carbocycles. The second kappa shape index (κ2) is 20.4. The summed E-state index contributed by atoms with van der Waals surface area (Å²) in [5.74, 6) is -3.06. The van der Waals surface area contributed by atoms with Crippen LogP contribution in [0.2, 0.25) is 6.55 Å². The number of benzene rings is 3. The van der Waals surface area contributed by atoms with Gasteiger partial charge in [-0.25, -0.2) is 4.79 Å². The average Bonchev–Trinajstić information content (AvgIpc) is 3.66. The largest absolute Gasteiger partial charge is 0.462 e. The van der Waals surface area contributed by atoms with Gasteiger partial charge in [0, 0.05) is 25.2 Å². The number of aliphatic hydroxyl groups is 1. The number of ether oxygens (including phenoxy) is 5. The molecule has 1 spiro atoms. The van der Waals surface area contributed by atoms with Crippen LogP contribution in [0.4, 0.5) is 0 Å². The van der Waals surface area contributed by atoms with Gasteiger partial charge >= 0.3 is 11.9 Å². The molecular formula is C57H69NO9Si. The lowest BCUT2D eigenvalue weighted by Gasteiger charge is -2.50. The van der Waals surface area contributed by atoms with Crippen LogP contribution in [0, 0.1) is 23.7 Å². The average molecular weight is 940 g/mol. The quantitative estimate of drug-likeness (QED) is 0.0778. The monoisotopic (exact) mass is 939 g/mol. The topological polar surface area (TPSA) is 122 Å². The Morgan fingerprint density at radius 3 is 2.25 bits per heavy atom. The van der Waals surface area contributed by atoms with Crippen LogP contribution in [0.5, 0.6) is 0 Å². The van der Waals surface area contributed by atoms with E-state index in [1.54, 1.807) is 13.2 Å². The highest BCUT2D eigenvalue weighted by Gasteiger charge is 2.61. The lowest BCUT2D eigenvalue weighted by molar-refractivity contribution is -0.313. The summed E-state index contributed by atoms with van der Waals surface area (Å²) in [6, 6.07) is 28.8. The second-order valence-corrected chi connectivity index (χ2v) is 24.3. The summed E-state index contributed by atoms with van der Waals surface area (Å²) >= 11 is 0. The van der Waals surface area contributed by atoms with Crippen LogP contribution in [-0.4, -0.2) is 86.5 Å². The number of hydrogen-bond acceptors (Lipinski definition) is 10. The minimum atomic E-state index is -2.42. The predicted octanol–water partition coefficient (Wildman–Crippen LogP) is 8.69. The van der Waals surface area contributed by atoms with Crippen molar-refractivity contribution in [3.63, 3.8) is 0 Å². The number of nitrogens with zero attached hydrogens (tertiary/aromatic N) is 1. The highest BCUT2D eigenvalue weighted by molar-refractivity contribution is 7.10. The Morgan fingerprint density at radius 1 is 0.941 bits per heavy atom. The van der Waals surface area contributed by atoms with E-state index in [4.69, 9.17) is 28.5 Å². The molecule has 10 nitrogen and oxygen atoms in total. The van der Waals surface area contributed by atoms with Gasteiger partial charge in [0.05, 0.1) is 30.1 Å². The first-order valence-electron chi connectivity index (χ1n) is 24.4. The van der Waals surface area contributed by atoms with Crippen molar-refractivity contribution in [1.82, 2.24) is 0 Å². The summed E-state index contributed by atoms with van der Waals surface area (Å²) in [6.07, 6.45) is 11.1. The van der Waals surface area contributed by atoms with Crippen LogP contribution in [0.1, 0.15) is 90.9 Å². The number of rotatable bonds is 8. The summed E-state index contributed by atoms with van der Waals surface area (Å²) in [5, 5.41) is 21.3. The fraction of sp³-hybridized carbons (Fsp3) is 0.456. The van der Waals surface area contributed by atoms with Crippen LogP contribution >= 0.6 is 0 Å². The zero-order chi connectivity index (χ0) is 48.4. The van der Waals surface area contributed by atoms with Gasteiger partial charge in [-0.05, 0) is 89.9 Å². The molecule has 0 amide bonds. The second-order valence-electron chi connectivity index (χ2n) is 20.3. The lowest BCUT2D eigenvalue weighted by atomic mass is 9.70. The fourth-order valence-electron chi connectivity index (χ4n) is 11.2. The molecule has 0 aromatic heterocycles. The summed E-state index contributed by atoms with van der Waals surface area (Å²) < 4.78 is 33.3. The summed E-state index contributed by atoms with van der Waals surface area (Å²) in [6.45, 7) is 16.9. The van der Waals surface area contributed by atoms with E-state index in [1.807, 2.05) is 55.5 Å². The van der Waals surface area contributed by atoms with E-state index >= 15 is 0 Å². The van der Waals surface area contributed by atoms with Crippen molar-refractivity contribution in [3.8, 4) is 0 Å². The number of carbonyl (C=O) groups excluding carboxylic acids is 2. The first kappa shape index (κ1) is 49.3. The maximum atomic E-state index is 14.9. The number of hydrogen-bond donors (Lipinski definition) is 1. The molecule has 4 heterocycles. The van der Waals surface area contributed by atoms with E-state index in [0.29, 0.717) is 41.9 Å². The third-order valence-corrected chi connectivity index (χ3v) is 19.2. The Labute approximate surface area is 403 Å². The highest BCUT2D eigenvalue weighted by atomic mass is 28.3. The molecule has 4 aliphatic heterocycles. The molecule has 8 rings (SSSR count). The highest BCUT2D eigenvalue weighted by Crippen LogP contribution is 2.48. The van der Waals surface area contributed by atoms with Crippen LogP contribution in [-0.2, 0) is 33.3 Å². The molecule has 3 aromatic carbocycles. The zero-order valence-electron chi connectivity index (χ0n) is 41.1. The number of allylic oxidation sites excluding steroid dienone is 5. The Bertz CT molecular complexity index is 2450. The normalized spacial score (nSPS) is 33.9. The number of oxime groups is 1. The Kier molecular flexibility index (Phi) is 14.8. The van der Waals surface area contributed by atoms with Gasteiger partial charge in [0.1, 0.15) is 38.9 Å². The third kappa shape index (κ3) is 9.96. The first-order valence-corrected chi connectivity index (χ1v) is 26.9. The van der Waals surface area contributed by atoms with Gasteiger partial charge in [0.25, 0.3) is 0 Å². The van der Waals surface area contributed by atoms with Crippen LogP contribution in [0.25, 0.3) is 0 Å². The van der Waals surface area contributed by atoms with E-state index in [1.165, 1.54) is 15.9 Å². The minimum absolute atomic E-state index is 0.0371. The molecule has 0 unspecified atom stereocenters. The van der Waals surface area contributed by atoms with E-state index in [9.17, 15) is 14.7 Å². The Hall–Kier alpha value is -5.17. The molecule has 0 radical (unpaired) electrons. The van der Waals surface area contributed by atoms with Gasteiger partial charge in [0.2, 0.25) is 0 Å². The van der Waals surface area contributed by atoms with E-state index < -0.39 is 55.6 Å². The molecule has 3 fully saturated rings. The SMILES string of the molecule is CO/N=C1/C[C@]2(C[C@@H]3C[C@@H](C/C=C(\C)C[C@@H](C)/C=C/C=C4\CO[C@@H]5[C@H](OC(=O)c6ccc([Si](C)(c7ccccc7)c7ccccc7)cc6)C(C)=C[C@@H](C(=O)O3)[C@]45O)O2)O[C@H](/C(C)=C/C(C)C)[C@H]1C. The smallest absolute Gasteiger partial charge is 0.338 e. The molecule has 5 aliphatic rings. The van der Waals surface area contributed by atoms with Crippen molar-refractivity contribution >= 4 is 41.3 Å². The molecule has 0 saturated carbocycles. The molecule has 360 valence electrons. The van der Waals surface area contributed by atoms with Gasteiger partial charge in [0.15, 0.2) is 11.9 Å². The van der Waals surface area contributed by atoms with Crippen molar-refractivity contribution in [2.24, 2.45) is 28.8 Å². The number of fused-ring (bicyclic) bond motifs is 2. The van der Waals surface area contributed by atoms with Gasteiger partial charge in [-0.15, -0.1) is 0 Å². The summed E-state index contributed by atoms with van der Waals surface area (Å²) in [7, 11) is -0.871. The molecule has 3 saturated heterocycles. The Balaban J connectivity index is 1.11. The molecular weight excluding hydrogens is 871 g/mol. The van der Waals surface area contributed by atoms with Crippen molar-refractivity contribution in [2.45, 2.75) is 129 Å². The van der Waals surface area contributed by atoms with Crippen LogP contribution < -0.4 is 15.6 Å². The van der Waals surface area contributed by atoms with Gasteiger partial charge in [-0.1, -0.05) is 154 Å². The van der Waals surface area contributed by atoms with Crippen molar-refractivity contribution in [3.05, 3.63) is 149 Å². The van der Waals surface area contributed by atoms with E-state index in [0.717, 1.165) is 22.9 Å². The predicted molar refractivity (Wildman–Crippen MR) is 269 cm³/mol. The van der Waals surface area contributed by atoms with Crippen molar-refractivity contribution < 1.29 is 43.2 Å². The number of carbonyl (C=O) groups is 2. The molecule has 11 heteroatoms. The first-order chi connectivity index (χ1) is 32.5. The van der Waals surface area contributed by atoms with Crippen LogP contribution in [0.3, 0.4) is 0 Å². The zero-order valence-corrected chi connectivity index (χ0v) is 42.1. The standard InChI is InChI=1S/C57H69NO9Si/c1-36(2)29-39(5)51-41(7)50(58-62-8)34-56(67-51)33-45-32-44(66-56)26-23-38(4)30-37(3)17-16-18-43-35-63-53-52(40(6)31-49(55(60)64-45)57(43,53)61)65-54(59)42-24-27-48(28-25-42)68(9,46-19-12-10-13-20-46)47-21-14-11-15-22-47/h10-25,27-29,31,36-37,41,44-45,49,51-53,61H,26,30,32-35H2,1-9H3/b17-16+,38-23+,39-29+,43-18+,58-50-/t37-,41-,44+,45-,49-,51+,52+,53+,56-,57+/m0/s1.